The first-order valence-corrected chi connectivity index (χ1v) is 9.25. The molecule has 2 aliphatic rings. The topological polar surface area (TPSA) is 63.7 Å². The first-order chi connectivity index (χ1) is 11.1. The average molecular weight is 347 g/mol. The summed E-state index contributed by atoms with van der Waals surface area (Å²) in [6.45, 7) is 9.94. The molecule has 0 unspecified atom stereocenters. The predicted octanol–water partition coefficient (Wildman–Crippen LogP) is 3.77. The Labute approximate surface area is 142 Å². The number of carbonyl (C=O) groups excluding carboxylic acids is 1. The van der Waals surface area contributed by atoms with E-state index < -0.39 is 16.1 Å². The molecular formula is C18H21NO4S. The van der Waals surface area contributed by atoms with E-state index in [0.29, 0.717) is 18.5 Å². The molecule has 1 aromatic carbocycles. The summed E-state index contributed by atoms with van der Waals surface area (Å²) in [5, 5.41) is 0. The summed E-state index contributed by atoms with van der Waals surface area (Å²) < 4.78 is 31.6. The van der Waals surface area contributed by atoms with E-state index in [0.717, 1.165) is 21.0 Å². The number of sulfonamides is 1. The minimum absolute atomic E-state index is 0.00548. The summed E-state index contributed by atoms with van der Waals surface area (Å²) in [5.74, 6) is 0. The Bertz CT molecular complexity index is 842. The summed E-state index contributed by atoms with van der Waals surface area (Å²) in [6.07, 6.45) is 0.574. The van der Waals surface area contributed by atoms with E-state index in [4.69, 9.17) is 4.74 Å². The molecule has 5 nitrogen and oxygen atoms in total. The normalized spacial score (nSPS) is 24.0. The second-order valence-corrected chi connectivity index (χ2v) is 8.67. The molecule has 0 aromatic heterocycles. The van der Waals surface area contributed by atoms with E-state index in [9.17, 15) is 13.2 Å². The molecule has 0 atom stereocenters. The van der Waals surface area contributed by atoms with Gasteiger partial charge in [0.25, 0.3) is 10.0 Å². The van der Waals surface area contributed by atoms with Gasteiger partial charge in [-0.2, -0.15) is 4.31 Å². The number of nitrogens with zero attached hydrogens (tertiary/aromatic N) is 1. The zero-order valence-electron chi connectivity index (χ0n) is 14.1. The highest BCUT2D eigenvalue weighted by atomic mass is 32.2. The highest BCUT2D eigenvalue weighted by molar-refractivity contribution is 7.89. The number of allylic oxidation sites excluding steroid dienone is 2. The molecule has 6 heteroatoms. The molecule has 128 valence electrons. The van der Waals surface area contributed by atoms with Crippen molar-refractivity contribution in [1.29, 1.82) is 0 Å². The van der Waals surface area contributed by atoms with E-state index in [1.165, 1.54) is 12.1 Å². The van der Waals surface area contributed by atoms with Gasteiger partial charge in [0.1, 0.15) is 6.61 Å². The molecule has 1 saturated carbocycles. The number of benzene rings is 1. The van der Waals surface area contributed by atoms with Crippen molar-refractivity contribution in [3.8, 4) is 0 Å². The van der Waals surface area contributed by atoms with Crippen LogP contribution in [0.15, 0.2) is 52.6 Å². The van der Waals surface area contributed by atoms with Gasteiger partial charge in [0, 0.05) is 0 Å². The van der Waals surface area contributed by atoms with E-state index in [1.54, 1.807) is 12.1 Å². The molecule has 2 fully saturated rings. The summed E-state index contributed by atoms with van der Waals surface area (Å²) >= 11 is 0. The molecule has 1 saturated heterocycles. The zero-order chi connectivity index (χ0) is 17.7. The van der Waals surface area contributed by atoms with Gasteiger partial charge in [-0.15, -0.1) is 0 Å². The number of hydrogen-bond donors (Lipinski definition) is 0. The fraction of sp³-hybridized carbons (Fsp3) is 0.389. The van der Waals surface area contributed by atoms with Gasteiger partial charge >= 0.3 is 6.09 Å². The van der Waals surface area contributed by atoms with Crippen molar-refractivity contribution in [1.82, 2.24) is 4.31 Å². The van der Waals surface area contributed by atoms with Crippen LogP contribution in [0.3, 0.4) is 0 Å². The van der Waals surface area contributed by atoms with Crippen LogP contribution in [0.1, 0.15) is 32.3 Å². The summed E-state index contributed by atoms with van der Waals surface area (Å²) in [5.41, 5.74) is 3.38. The standard InChI is InChI=1S/C18H21NO4S/c1-12(2)18(4)9-14(10-18)16-11-23-17(20)19(16)24(21,22)15-7-5-13(3)6-8-15/h5-8H,1,9-11H2,2-4H3. The number of carbonyl (C=O) groups is 1. The predicted molar refractivity (Wildman–Crippen MR) is 90.7 cm³/mol. The van der Waals surface area contributed by atoms with Crippen LogP contribution in [0.5, 0.6) is 0 Å². The molecule has 1 aromatic rings. The monoisotopic (exact) mass is 347 g/mol. The van der Waals surface area contributed by atoms with Crippen molar-refractivity contribution < 1.29 is 17.9 Å². The first-order valence-electron chi connectivity index (χ1n) is 7.81. The lowest BCUT2D eigenvalue weighted by molar-refractivity contribution is 0.170. The van der Waals surface area contributed by atoms with E-state index >= 15 is 0 Å². The Morgan fingerprint density at radius 2 is 1.83 bits per heavy atom. The molecule has 0 spiro atoms. The van der Waals surface area contributed by atoms with Crippen LogP contribution >= 0.6 is 0 Å². The van der Waals surface area contributed by atoms with Gasteiger partial charge in [-0.25, -0.2) is 13.2 Å². The summed E-state index contributed by atoms with van der Waals surface area (Å²) in [7, 11) is -3.95. The molecule has 0 radical (unpaired) electrons. The number of rotatable bonds is 3. The second-order valence-electron chi connectivity index (χ2n) is 6.88. The maximum atomic E-state index is 12.9. The molecule has 3 rings (SSSR count). The highest BCUT2D eigenvalue weighted by Gasteiger charge is 2.46. The van der Waals surface area contributed by atoms with Crippen LogP contribution in [-0.2, 0) is 14.8 Å². The third-order valence-electron chi connectivity index (χ3n) is 4.95. The Morgan fingerprint density at radius 3 is 2.38 bits per heavy atom. The Kier molecular flexibility index (Phi) is 3.83. The van der Waals surface area contributed by atoms with Crippen molar-refractivity contribution in [2.45, 2.75) is 38.5 Å². The first kappa shape index (κ1) is 16.8. The number of ether oxygens (including phenoxy) is 1. The van der Waals surface area contributed by atoms with Crippen molar-refractivity contribution >= 4 is 16.1 Å². The SMILES string of the molecule is C=C(C)C1(C)CC(=C2COC(=O)N2S(=O)(=O)c2ccc(C)cc2)C1. The number of cyclic esters (lactones) is 1. The molecule has 24 heavy (non-hydrogen) atoms. The summed E-state index contributed by atoms with van der Waals surface area (Å²) in [4.78, 5) is 12.2. The lowest BCUT2D eigenvalue weighted by atomic mass is 9.63. The van der Waals surface area contributed by atoms with Crippen LogP contribution in [-0.4, -0.2) is 25.4 Å². The van der Waals surface area contributed by atoms with Crippen molar-refractivity contribution in [3.05, 3.63) is 53.3 Å². The van der Waals surface area contributed by atoms with Gasteiger partial charge in [0.2, 0.25) is 0 Å². The van der Waals surface area contributed by atoms with Gasteiger partial charge in [0.15, 0.2) is 0 Å². The van der Waals surface area contributed by atoms with Crippen LogP contribution in [0.2, 0.25) is 0 Å². The smallest absolute Gasteiger partial charge is 0.428 e. The maximum Gasteiger partial charge on any atom is 0.428 e. The number of amides is 1. The van der Waals surface area contributed by atoms with Gasteiger partial charge < -0.3 is 4.74 Å². The lowest BCUT2D eigenvalue weighted by Gasteiger charge is -2.43. The minimum Gasteiger partial charge on any atom is -0.442 e. The summed E-state index contributed by atoms with van der Waals surface area (Å²) in [6, 6.07) is 6.44. The third-order valence-corrected chi connectivity index (χ3v) is 6.67. The molecular weight excluding hydrogens is 326 g/mol. The molecule has 0 N–H and O–H groups in total. The van der Waals surface area contributed by atoms with E-state index in [-0.39, 0.29) is 16.9 Å². The Hall–Kier alpha value is -2.08. The quantitative estimate of drug-likeness (QED) is 0.781. The molecule has 1 heterocycles. The molecule has 1 aliphatic heterocycles. The molecule has 0 bridgehead atoms. The van der Waals surface area contributed by atoms with Crippen LogP contribution in [0, 0.1) is 12.3 Å². The van der Waals surface area contributed by atoms with Gasteiger partial charge in [-0.1, -0.05) is 36.8 Å². The molecule has 1 amide bonds. The highest BCUT2D eigenvalue weighted by Crippen LogP contribution is 2.52. The van der Waals surface area contributed by atoms with Crippen molar-refractivity contribution in [3.63, 3.8) is 0 Å². The lowest BCUT2D eigenvalue weighted by Crippen LogP contribution is -2.36. The van der Waals surface area contributed by atoms with Crippen molar-refractivity contribution in [2.75, 3.05) is 6.61 Å². The maximum absolute atomic E-state index is 12.9. The van der Waals surface area contributed by atoms with E-state index in [1.807, 2.05) is 13.8 Å². The largest absolute Gasteiger partial charge is 0.442 e. The Balaban J connectivity index is 1.98. The molecule has 1 aliphatic carbocycles. The fourth-order valence-electron chi connectivity index (χ4n) is 3.06. The second kappa shape index (κ2) is 5.48. The third kappa shape index (κ3) is 2.55. The fourth-order valence-corrected chi connectivity index (χ4v) is 4.47. The number of aryl methyl sites for hydroxylation is 1. The minimum atomic E-state index is -3.95. The zero-order valence-corrected chi connectivity index (χ0v) is 14.9. The average Bonchev–Trinajstić information content (AvgIpc) is 2.86. The van der Waals surface area contributed by atoms with Crippen LogP contribution < -0.4 is 0 Å². The van der Waals surface area contributed by atoms with Gasteiger partial charge in [0.05, 0.1) is 10.6 Å². The van der Waals surface area contributed by atoms with Crippen LogP contribution in [0.4, 0.5) is 4.79 Å². The van der Waals surface area contributed by atoms with E-state index in [2.05, 4.69) is 13.5 Å². The van der Waals surface area contributed by atoms with Crippen LogP contribution in [0.25, 0.3) is 0 Å². The van der Waals surface area contributed by atoms with Gasteiger partial charge in [-0.3, -0.25) is 0 Å². The number of hydrogen-bond acceptors (Lipinski definition) is 4. The van der Waals surface area contributed by atoms with Crippen molar-refractivity contribution in [2.24, 2.45) is 5.41 Å². The van der Waals surface area contributed by atoms with Gasteiger partial charge in [-0.05, 0) is 49.8 Å². The Morgan fingerprint density at radius 1 is 1.25 bits per heavy atom.